The SMILES string of the molecule is CCc1ccc(-c2nc(CC(=O)NC(C)(COC)CC(=O)O)cs2)cc1. The molecule has 0 spiro atoms. The van der Waals surface area contributed by atoms with Crippen LogP contribution in [0.5, 0.6) is 0 Å². The number of nitrogens with zero attached hydrogens (tertiary/aromatic N) is 1. The number of hydrogen-bond donors (Lipinski definition) is 2. The van der Waals surface area contributed by atoms with Gasteiger partial charge in [-0.25, -0.2) is 4.98 Å². The lowest BCUT2D eigenvalue weighted by atomic mass is 9.98. The zero-order valence-corrected chi connectivity index (χ0v) is 16.1. The molecule has 1 heterocycles. The number of carboxylic acids is 1. The van der Waals surface area contributed by atoms with E-state index in [-0.39, 0.29) is 25.4 Å². The second-order valence-electron chi connectivity index (χ2n) is 6.48. The average molecular weight is 376 g/mol. The molecule has 1 atom stereocenters. The Bertz CT molecular complexity index is 757. The van der Waals surface area contributed by atoms with E-state index in [1.54, 1.807) is 6.92 Å². The molecule has 1 aromatic heterocycles. The normalized spacial score (nSPS) is 13.2. The third kappa shape index (κ3) is 5.64. The molecule has 0 saturated heterocycles. The third-order valence-electron chi connectivity index (χ3n) is 3.95. The molecular weight excluding hydrogens is 352 g/mol. The quantitative estimate of drug-likeness (QED) is 0.702. The van der Waals surface area contributed by atoms with Crippen LogP contribution in [-0.4, -0.2) is 41.2 Å². The maximum Gasteiger partial charge on any atom is 0.305 e. The van der Waals surface area contributed by atoms with Crippen molar-refractivity contribution in [3.05, 3.63) is 40.9 Å². The molecule has 0 aliphatic rings. The molecule has 0 aliphatic carbocycles. The molecule has 26 heavy (non-hydrogen) atoms. The van der Waals surface area contributed by atoms with Gasteiger partial charge in [-0.05, 0) is 18.9 Å². The second-order valence-corrected chi connectivity index (χ2v) is 7.34. The predicted octanol–water partition coefficient (Wildman–Crippen LogP) is 2.91. The number of aryl methyl sites for hydroxylation is 1. The standard InChI is InChI=1S/C19H24N2O4S/c1-4-13-5-7-14(8-6-13)18-20-15(11-26-18)9-16(22)21-19(2,12-25-3)10-17(23)24/h5-8,11H,4,9-10,12H2,1-3H3,(H,21,22)(H,23,24). The van der Waals surface area contributed by atoms with Gasteiger partial charge >= 0.3 is 5.97 Å². The van der Waals surface area contributed by atoms with E-state index in [4.69, 9.17) is 9.84 Å². The van der Waals surface area contributed by atoms with Crippen molar-refractivity contribution in [2.45, 2.75) is 38.6 Å². The molecule has 2 N–H and O–H groups in total. The summed E-state index contributed by atoms with van der Waals surface area (Å²) in [6, 6.07) is 8.21. The Hall–Kier alpha value is -2.25. The number of ether oxygens (including phenoxy) is 1. The molecule has 2 aromatic rings. The van der Waals surface area contributed by atoms with Crippen molar-refractivity contribution in [3.63, 3.8) is 0 Å². The largest absolute Gasteiger partial charge is 0.481 e. The minimum Gasteiger partial charge on any atom is -0.481 e. The van der Waals surface area contributed by atoms with Crippen molar-refractivity contribution < 1.29 is 19.4 Å². The maximum atomic E-state index is 12.3. The molecule has 1 unspecified atom stereocenters. The van der Waals surface area contributed by atoms with Crippen molar-refractivity contribution in [1.29, 1.82) is 0 Å². The summed E-state index contributed by atoms with van der Waals surface area (Å²) in [5.41, 5.74) is 2.00. The molecule has 0 fully saturated rings. The van der Waals surface area contributed by atoms with Crippen LogP contribution in [0.25, 0.3) is 10.6 Å². The van der Waals surface area contributed by atoms with Crippen molar-refractivity contribution in [2.24, 2.45) is 0 Å². The van der Waals surface area contributed by atoms with E-state index in [9.17, 15) is 9.59 Å². The van der Waals surface area contributed by atoms with Gasteiger partial charge in [0.2, 0.25) is 5.91 Å². The fourth-order valence-electron chi connectivity index (χ4n) is 2.73. The number of carbonyl (C=O) groups excluding carboxylic acids is 1. The zero-order chi connectivity index (χ0) is 19.2. The van der Waals surface area contributed by atoms with E-state index in [0.717, 1.165) is 17.0 Å². The molecule has 1 amide bonds. The minimum atomic E-state index is -0.990. The lowest BCUT2D eigenvalue weighted by molar-refractivity contribution is -0.139. The first-order chi connectivity index (χ1) is 12.3. The fraction of sp³-hybridized carbons (Fsp3) is 0.421. The van der Waals surface area contributed by atoms with E-state index in [0.29, 0.717) is 5.69 Å². The zero-order valence-electron chi connectivity index (χ0n) is 15.2. The Labute approximate surface area is 157 Å². The van der Waals surface area contributed by atoms with Crippen molar-refractivity contribution in [1.82, 2.24) is 10.3 Å². The number of aromatic nitrogens is 1. The van der Waals surface area contributed by atoms with E-state index in [1.165, 1.54) is 24.0 Å². The fourth-order valence-corrected chi connectivity index (χ4v) is 3.56. The summed E-state index contributed by atoms with van der Waals surface area (Å²) in [6.45, 7) is 3.89. The van der Waals surface area contributed by atoms with Crippen molar-refractivity contribution in [2.75, 3.05) is 13.7 Å². The van der Waals surface area contributed by atoms with Gasteiger partial charge in [-0.1, -0.05) is 31.2 Å². The van der Waals surface area contributed by atoms with Gasteiger partial charge < -0.3 is 15.2 Å². The number of carboxylic acid groups (broad SMARTS) is 1. The van der Waals surface area contributed by atoms with Crippen LogP contribution in [0.4, 0.5) is 0 Å². The van der Waals surface area contributed by atoms with Gasteiger partial charge in [0.15, 0.2) is 0 Å². The highest BCUT2D eigenvalue weighted by atomic mass is 32.1. The maximum absolute atomic E-state index is 12.3. The highest BCUT2D eigenvalue weighted by molar-refractivity contribution is 7.13. The van der Waals surface area contributed by atoms with Gasteiger partial charge in [0.1, 0.15) is 5.01 Å². The smallest absolute Gasteiger partial charge is 0.305 e. The summed E-state index contributed by atoms with van der Waals surface area (Å²) >= 11 is 1.49. The number of aliphatic carboxylic acids is 1. The Kier molecular flexibility index (Phi) is 6.88. The van der Waals surface area contributed by atoms with Crippen LogP contribution in [0.15, 0.2) is 29.6 Å². The lowest BCUT2D eigenvalue weighted by Gasteiger charge is -2.28. The topological polar surface area (TPSA) is 88.5 Å². The van der Waals surface area contributed by atoms with Crippen molar-refractivity contribution in [3.8, 4) is 10.6 Å². The second kappa shape index (κ2) is 8.91. The van der Waals surface area contributed by atoms with Crippen LogP contribution in [0.2, 0.25) is 0 Å². The summed E-state index contributed by atoms with van der Waals surface area (Å²) in [5, 5.41) is 14.5. The van der Waals surface area contributed by atoms with E-state index in [1.807, 2.05) is 17.5 Å². The number of carbonyl (C=O) groups is 2. The first kappa shape index (κ1) is 20.1. The van der Waals surface area contributed by atoms with Crippen LogP contribution in [-0.2, 0) is 27.2 Å². The number of hydrogen-bond acceptors (Lipinski definition) is 5. The van der Waals surface area contributed by atoms with Gasteiger partial charge in [-0.2, -0.15) is 0 Å². The van der Waals surface area contributed by atoms with Gasteiger partial charge in [-0.3, -0.25) is 9.59 Å². The van der Waals surface area contributed by atoms with Crippen molar-refractivity contribution >= 4 is 23.2 Å². The van der Waals surface area contributed by atoms with Gasteiger partial charge in [0.25, 0.3) is 0 Å². The molecule has 0 radical (unpaired) electrons. The van der Waals surface area contributed by atoms with Crippen LogP contribution < -0.4 is 5.32 Å². The molecular formula is C19H24N2O4S. The lowest BCUT2D eigenvalue weighted by Crippen LogP contribution is -2.51. The van der Waals surface area contributed by atoms with Crippen LogP contribution in [0, 0.1) is 0 Å². The van der Waals surface area contributed by atoms with E-state index >= 15 is 0 Å². The minimum absolute atomic E-state index is 0.0997. The highest BCUT2D eigenvalue weighted by Crippen LogP contribution is 2.24. The Morgan fingerprint density at radius 1 is 1.31 bits per heavy atom. The van der Waals surface area contributed by atoms with Crippen LogP contribution in [0.1, 0.15) is 31.5 Å². The molecule has 6 nitrogen and oxygen atoms in total. The number of nitrogens with one attached hydrogen (secondary N) is 1. The van der Waals surface area contributed by atoms with Crippen LogP contribution in [0.3, 0.4) is 0 Å². The van der Waals surface area contributed by atoms with E-state index in [2.05, 4.69) is 29.4 Å². The predicted molar refractivity (Wildman–Crippen MR) is 101 cm³/mol. The number of benzene rings is 1. The number of methoxy groups -OCH3 is 1. The molecule has 140 valence electrons. The van der Waals surface area contributed by atoms with E-state index < -0.39 is 11.5 Å². The Morgan fingerprint density at radius 3 is 2.58 bits per heavy atom. The molecule has 0 saturated carbocycles. The number of amides is 1. The monoisotopic (exact) mass is 376 g/mol. The summed E-state index contributed by atoms with van der Waals surface area (Å²) in [5.74, 6) is -1.26. The molecule has 0 aliphatic heterocycles. The number of thiazole rings is 1. The van der Waals surface area contributed by atoms with Gasteiger partial charge in [-0.15, -0.1) is 11.3 Å². The molecule has 1 aromatic carbocycles. The van der Waals surface area contributed by atoms with Gasteiger partial charge in [0.05, 0.1) is 30.7 Å². The summed E-state index contributed by atoms with van der Waals surface area (Å²) < 4.78 is 5.05. The Morgan fingerprint density at radius 2 is 2.00 bits per heavy atom. The average Bonchev–Trinajstić information content (AvgIpc) is 3.02. The summed E-state index contributed by atoms with van der Waals surface area (Å²) in [6.07, 6.45) is 0.876. The summed E-state index contributed by atoms with van der Waals surface area (Å²) in [4.78, 5) is 27.9. The van der Waals surface area contributed by atoms with Crippen LogP contribution >= 0.6 is 11.3 Å². The first-order valence-corrected chi connectivity index (χ1v) is 9.28. The third-order valence-corrected chi connectivity index (χ3v) is 4.89. The number of rotatable bonds is 9. The van der Waals surface area contributed by atoms with Gasteiger partial charge in [0, 0.05) is 18.1 Å². The highest BCUT2D eigenvalue weighted by Gasteiger charge is 2.29. The summed E-state index contributed by atoms with van der Waals surface area (Å²) in [7, 11) is 1.47. The Balaban J connectivity index is 2.02. The first-order valence-electron chi connectivity index (χ1n) is 8.40. The molecule has 2 rings (SSSR count). The molecule has 0 bridgehead atoms. The molecule has 7 heteroatoms.